The van der Waals surface area contributed by atoms with Gasteiger partial charge in [-0.3, -0.25) is 0 Å². The second-order valence-corrected chi connectivity index (χ2v) is 16.1. The highest BCUT2D eigenvalue weighted by Gasteiger charge is 2.58. The monoisotopic (exact) mass is 800 g/mol. The number of carbonyl (C=O) groups excluding carboxylic acids is 1. The number of nitrogens with one attached hydrogen (secondary N) is 1. The molecule has 0 spiro atoms. The van der Waals surface area contributed by atoms with Crippen LogP contribution < -0.4 is 24.8 Å². The molecule has 1 saturated heterocycles. The van der Waals surface area contributed by atoms with Crippen molar-refractivity contribution in [2.75, 3.05) is 26.1 Å². The minimum absolute atomic E-state index is 0.223. The predicted molar refractivity (Wildman–Crippen MR) is 221 cm³/mol. The fraction of sp³-hybridized carbons (Fsp3) is 0.442. The molecule has 5 aromatic rings. The molecule has 306 valence electrons. The lowest BCUT2D eigenvalue weighted by molar-refractivity contribution is -0.719. The molecule has 1 aliphatic heterocycles. The van der Waals surface area contributed by atoms with Crippen molar-refractivity contribution in [2.24, 2.45) is 7.05 Å². The zero-order valence-corrected chi connectivity index (χ0v) is 35.0. The molecule has 4 aromatic heterocycles. The van der Waals surface area contributed by atoms with Crippen LogP contribution >= 0.6 is 0 Å². The second-order valence-electron chi connectivity index (χ2n) is 16.1. The molecule has 15 nitrogen and oxygen atoms in total. The number of ether oxygens (including phenoxy) is 3. The Balaban J connectivity index is 1.13. The second kappa shape index (κ2) is 16.1. The first-order valence-corrected chi connectivity index (χ1v) is 20.2. The van der Waals surface area contributed by atoms with Gasteiger partial charge < -0.3 is 33.4 Å². The number of imidazole rings is 1. The lowest BCUT2D eigenvalue weighted by Gasteiger charge is -2.35. The van der Waals surface area contributed by atoms with E-state index in [9.17, 15) is 4.79 Å². The Morgan fingerprint density at radius 2 is 1.75 bits per heavy atom. The summed E-state index contributed by atoms with van der Waals surface area (Å²) in [6, 6.07) is 8.25. The van der Waals surface area contributed by atoms with Crippen LogP contribution in [0.2, 0.25) is 0 Å². The number of aryl methyl sites for hydroxylation is 2. The quantitative estimate of drug-likeness (QED) is 0.0632. The standard InChI is InChI=1S/C43H50BN9O6/c1-9-57-33(54)19-18-31-21-46-39(51-38(31)45-20-27-10-12-28(13-11-27)32-22-52(6)26(2)50-32)34-37(30-16-17-30)53(25-49-40(34)55-7)23-43(5)42(3,4)58-44(59-43)35-36(29-14-15-29)47-24-48-41(35)56-8/h10-13,18-19,21-22,24-25,29-30H,9,14-17,20,23H2,1-8H3/p+1. The summed E-state index contributed by atoms with van der Waals surface area (Å²) in [5.74, 6) is 2.90. The van der Waals surface area contributed by atoms with E-state index in [1.165, 1.54) is 6.08 Å². The van der Waals surface area contributed by atoms with Gasteiger partial charge in [-0.2, -0.15) is 0 Å². The molecule has 0 amide bonds. The Kier molecular flexibility index (Phi) is 11.0. The SMILES string of the molecule is CCOC(=O)/C=C/c1cnc(-c2c(OC)nc[n+](CC3(C)OB(c4c(OC)ncnc4C4CC4)OC3(C)C)c2C2CC2)nc1NCc1ccc(-c2cn(C)c(C)n2)cc1. The fourth-order valence-corrected chi connectivity index (χ4v) is 7.51. The topological polar surface area (TPSA) is 161 Å². The first kappa shape index (κ1) is 40.1. The number of methoxy groups -OCH3 is 2. The summed E-state index contributed by atoms with van der Waals surface area (Å²) in [6.07, 6.45) is 14.2. The van der Waals surface area contributed by atoms with Gasteiger partial charge in [0.05, 0.1) is 43.3 Å². The van der Waals surface area contributed by atoms with Crippen LogP contribution in [0, 0.1) is 6.92 Å². The van der Waals surface area contributed by atoms with E-state index in [4.69, 9.17) is 38.5 Å². The number of hydrogen-bond donors (Lipinski definition) is 1. The van der Waals surface area contributed by atoms with Crippen molar-refractivity contribution in [3.63, 3.8) is 0 Å². The van der Waals surface area contributed by atoms with Crippen molar-refractivity contribution >= 4 is 30.4 Å². The van der Waals surface area contributed by atoms with Crippen molar-refractivity contribution in [1.82, 2.24) is 34.5 Å². The number of aromatic nitrogens is 8. The average Bonchev–Trinajstić information content (AvgIpc) is 4.17. The summed E-state index contributed by atoms with van der Waals surface area (Å²) in [4.78, 5) is 40.9. The Labute approximate surface area is 344 Å². The van der Waals surface area contributed by atoms with Crippen molar-refractivity contribution in [1.29, 1.82) is 0 Å². The molecule has 5 heterocycles. The van der Waals surface area contributed by atoms with Crippen molar-refractivity contribution in [3.05, 3.63) is 83.7 Å². The molecule has 8 rings (SSSR count). The van der Waals surface area contributed by atoms with Crippen LogP contribution in [0.25, 0.3) is 28.7 Å². The van der Waals surface area contributed by atoms with Gasteiger partial charge >= 0.3 is 19.0 Å². The molecular weight excluding hydrogens is 749 g/mol. The summed E-state index contributed by atoms with van der Waals surface area (Å²) in [6.45, 7) is 11.1. The third-order valence-corrected chi connectivity index (χ3v) is 11.6. The molecule has 3 fully saturated rings. The van der Waals surface area contributed by atoms with Crippen LogP contribution in [0.15, 0.2) is 55.4 Å². The van der Waals surface area contributed by atoms with Crippen LogP contribution in [-0.2, 0) is 39.0 Å². The fourth-order valence-electron chi connectivity index (χ4n) is 7.51. The van der Waals surface area contributed by atoms with E-state index < -0.39 is 24.3 Å². The third kappa shape index (κ3) is 8.15. The zero-order chi connectivity index (χ0) is 41.5. The summed E-state index contributed by atoms with van der Waals surface area (Å²) in [5, 5.41) is 3.51. The molecule has 2 aliphatic carbocycles. The molecule has 1 N–H and O–H groups in total. The zero-order valence-electron chi connectivity index (χ0n) is 35.0. The predicted octanol–water partition coefficient (Wildman–Crippen LogP) is 5.26. The lowest BCUT2D eigenvalue weighted by atomic mass is 9.77. The van der Waals surface area contributed by atoms with Gasteiger partial charge in [0, 0.05) is 55.0 Å². The normalized spacial score (nSPS) is 18.7. The number of carbonyl (C=O) groups is 1. The smallest absolute Gasteiger partial charge is 0.481 e. The van der Waals surface area contributed by atoms with Gasteiger partial charge in [-0.25, -0.2) is 34.3 Å². The van der Waals surface area contributed by atoms with Gasteiger partial charge in [0.1, 0.15) is 35.8 Å². The first-order chi connectivity index (χ1) is 28.4. The lowest BCUT2D eigenvalue weighted by Crippen LogP contribution is -2.57. The van der Waals surface area contributed by atoms with E-state index in [0.717, 1.165) is 65.2 Å². The molecule has 1 unspecified atom stereocenters. The van der Waals surface area contributed by atoms with Crippen LogP contribution in [0.5, 0.6) is 11.8 Å². The summed E-state index contributed by atoms with van der Waals surface area (Å²) < 4.78 is 34.6. The highest BCUT2D eigenvalue weighted by molar-refractivity contribution is 6.63. The summed E-state index contributed by atoms with van der Waals surface area (Å²) in [5.41, 5.74) is 5.42. The van der Waals surface area contributed by atoms with Crippen LogP contribution in [-0.4, -0.2) is 79.6 Å². The summed E-state index contributed by atoms with van der Waals surface area (Å²) in [7, 11) is 4.48. The molecule has 0 radical (unpaired) electrons. The maximum atomic E-state index is 12.4. The molecular formula is C43H51BN9O6+. The largest absolute Gasteiger partial charge is 0.502 e. The van der Waals surface area contributed by atoms with Gasteiger partial charge in [-0.1, -0.05) is 24.3 Å². The molecule has 3 aliphatic rings. The Morgan fingerprint density at radius 3 is 2.41 bits per heavy atom. The molecule has 1 atom stereocenters. The maximum absolute atomic E-state index is 12.4. The number of anilines is 1. The Morgan fingerprint density at radius 1 is 1.00 bits per heavy atom. The van der Waals surface area contributed by atoms with Crippen LogP contribution in [0.4, 0.5) is 5.82 Å². The molecule has 0 bridgehead atoms. The van der Waals surface area contributed by atoms with Crippen molar-refractivity contribution in [3.8, 4) is 34.4 Å². The first-order valence-electron chi connectivity index (χ1n) is 20.2. The van der Waals surface area contributed by atoms with Gasteiger partial charge in [0.25, 0.3) is 6.33 Å². The molecule has 1 aromatic carbocycles. The maximum Gasteiger partial charge on any atom is 0.502 e. The molecule has 2 saturated carbocycles. The number of esters is 1. The van der Waals surface area contributed by atoms with Crippen molar-refractivity contribution < 1.29 is 32.9 Å². The van der Waals surface area contributed by atoms with E-state index in [1.807, 2.05) is 38.6 Å². The van der Waals surface area contributed by atoms with Gasteiger partial charge in [0.2, 0.25) is 5.88 Å². The van der Waals surface area contributed by atoms with Crippen molar-refractivity contribution in [2.45, 2.75) is 96.4 Å². The Hall–Kier alpha value is -5.74. The minimum Gasteiger partial charge on any atom is -0.481 e. The highest BCUT2D eigenvalue weighted by Crippen LogP contribution is 2.46. The van der Waals surface area contributed by atoms with E-state index in [-0.39, 0.29) is 12.5 Å². The van der Waals surface area contributed by atoms with E-state index >= 15 is 0 Å². The average molecular weight is 801 g/mol. The number of rotatable bonds is 15. The van der Waals surface area contributed by atoms with Crippen LogP contribution in [0.1, 0.15) is 93.6 Å². The third-order valence-electron chi connectivity index (χ3n) is 11.6. The summed E-state index contributed by atoms with van der Waals surface area (Å²) >= 11 is 0. The van der Waals surface area contributed by atoms with E-state index in [1.54, 1.807) is 46.1 Å². The van der Waals surface area contributed by atoms with Gasteiger partial charge in [0.15, 0.2) is 11.4 Å². The highest BCUT2D eigenvalue weighted by atomic mass is 16.7. The van der Waals surface area contributed by atoms with Crippen LogP contribution in [0.3, 0.4) is 0 Å². The Bertz CT molecular complexity index is 2380. The van der Waals surface area contributed by atoms with Gasteiger partial charge in [-0.15, -0.1) is 0 Å². The van der Waals surface area contributed by atoms with E-state index in [0.29, 0.717) is 53.5 Å². The number of nitrogens with zero attached hydrogens (tertiary/aromatic N) is 8. The minimum atomic E-state index is -0.818. The molecule has 16 heteroatoms. The number of benzene rings is 1. The number of hydrogen-bond acceptors (Lipinski definition) is 13. The molecule has 59 heavy (non-hydrogen) atoms. The van der Waals surface area contributed by atoms with E-state index in [2.05, 4.69) is 56.0 Å². The van der Waals surface area contributed by atoms with Gasteiger partial charge in [-0.05, 0) is 76.9 Å².